The predicted octanol–water partition coefficient (Wildman–Crippen LogP) is 3.15. The van der Waals surface area contributed by atoms with Crippen LogP contribution in [0.5, 0.6) is 11.5 Å². The minimum absolute atomic E-state index is 0.0496. The Hall–Kier alpha value is -2.53. The largest absolute Gasteiger partial charge is 0.493 e. The van der Waals surface area contributed by atoms with Gasteiger partial charge >= 0.3 is 0 Å². The fraction of sp³-hybridized carbons (Fsp3) is 0.350. The molecule has 0 saturated heterocycles. The molecule has 0 unspecified atom stereocenters. The van der Waals surface area contributed by atoms with Crippen LogP contribution in [0.25, 0.3) is 0 Å². The molecule has 0 spiro atoms. The monoisotopic (exact) mass is 342 g/mol. The number of methoxy groups -OCH3 is 2. The molecule has 134 valence electrons. The Balaban J connectivity index is 1.95. The molecule has 0 aliphatic carbocycles. The second-order valence-corrected chi connectivity index (χ2v) is 5.77. The van der Waals surface area contributed by atoms with Gasteiger partial charge in [-0.15, -0.1) is 0 Å². The van der Waals surface area contributed by atoms with Crippen LogP contribution < -0.4 is 19.7 Å². The molecule has 0 aliphatic heterocycles. The molecule has 5 heteroatoms. The van der Waals surface area contributed by atoms with Gasteiger partial charge in [0.1, 0.15) is 0 Å². The van der Waals surface area contributed by atoms with Crippen LogP contribution in [0.2, 0.25) is 0 Å². The number of carbonyl (C=O) groups is 1. The Labute approximate surface area is 149 Å². The lowest BCUT2D eigenvalue weighted by Crippen LogP contribution is -2.38. The molecule has 0 radical (unpaired) electrons. The maximum absolute atomic E-state index is 12.5. The van der Waals surface area contributed by atoms with Gasteiger partial charge in [0, 0.05) is 18.8 Å². The molecular formula is C20H26N2O3. The van der Waals surface area contributed by atoms with Crippen molar-refractivity contribution < 1.29 is 14.3 Å². The third kappa shape index (κ3) is 4.97. The summed E-state index contributed by atoms with van der Waals surface area (Å²) in [5.41, 5.74) is 3.10. The summed E-state index contributed by atoms with van der Waals surface area (Å²) in [5.74, 6) is 1.43. The van der Waals surface area contributed by atoms with Gasteiger partial charge in [0.25, 0.3) is 0 Å². The number of nitrogens with one attached hydrogen (secondary N) is 1. The quantitative estimate of drug-likeness (QED) is 0.801. The van der Waals surface area contributed by atoms with Crippen LogP contribution in [0.15, 0.2) is 42.5 Å². The second-order valence-electron chi connectivity index (χ2n) is 5.77. The summed E-state index contributed by atoms with van der Waals surface area (Å²) >= 11 is 0. The summed E-state index contributed by atoms with van der Waals surface area (Å²) in [6, 6.07) is 13.7. The van der Waals surface area contributed by atoms with Gasteiger partial charge in [-0.05, 0) is 49.2 Å². The highest BCUT2D eigenvalue weighted by atomic mass is 16.5. The molecule has 0 saturated carbocycles. The van der Waals surface area contributed by atoms with E-state index in [0.717, 1.165) is 16.8 Å². The molecular weight excluding hydrogens is 316 g/mol. The highest BCUT2D eigenvalue weighted by Gasteiger charge is 2.13. The number of anilines is 1. The number of nitrogens with zero attached hydrogens (tertiary/aromatic N) is 1. The molecule has 0 heterocycles. The highest BCUT2D eigenvalue weighted by Crippen LogP contribution is 2.27. The zero-order valence-corrected chi connectivity index (χ0v) is 15.3. The first kappa shape index (κ1) is 18.8. The van der Waals surface area contributed by atoms with E-state index in [4.69, 9.17) is 9.47 Å². The summed E-state index contributed by atoms with van der Waals surface area (Å²) in [7, 11) is 3.22. The lowest BCUT2D eigenvalue weighted by atomic mass is 10.2. The molecule has 0 bridgehead atoms. The number of hydrogen-bond acceptors (Lipinski definition) is 4. The molecule has 2 aromatic rings. The Morgan fingerprint density at radius 2 is 1.84 bits per heavy atom. The number of likely N-dealkylation sites (N-methyl/N-ethyl adjacent to an activating group) is 1. The number of hydrogen-bond donors (Lipinski definition) is 1. The maximum atomic E-state index is 12.5. The zero-order chi connectivity index (χ0) is 18.2. The van der Waals surface area contributed by atoms with Crippen molar-refractivity contribution in [3.63, 3.8) is 0 Å². The number of amides is 1. The Bertz CT molecular complexity index is 716. The smallest absolute Gasteiger partial charge is 0.240 e. The molecule has 0 atom stereocenters. The molecule has 2 rings (SSSR count). The third-order valence-corrected chi connectivity index (χ3v) is 3.98. The topological polar surface area (TPSA) is 50.8 Å². The van der Waals surface area contributed by atoms with Gasteiger partial charge in [0.15, 0.2) is 11.5 Å². The molecule has 0 aliphatic rings. The molecule has 1 amide bonds. The summed E-state index contributed by atoms with van der Waals surface area (Å²) in [6.07, 6.45) is 0. The van der Waals surface area contributed by atoms with Crippen molar-refractivity contribution in [2.45, 2.75) is 20.4 Å². The van der Waals surface area contributed by atoms with E-state index in [9.17, 15) is 4.79 Å². The van der Waals surface area contributed by atoms with Crippen molar-refractivity contribution >= 4 is 11.6 Å². The van der Waals surface area contributed by atoms with Crippen molar-refractivity contribution in [3.05, 3.63) is 53.6 Å². The van der Waals surface area contributed by atoms with Crippen LogP contribution in [0.1, 0.15) is 18.1 Å². The number of carbonyl (C=O) groups excluding carboxylic acids is 1. The highest BCUT2D eigenvalue weighted by molar-refractivity contribution is 5.94. The average Bonchev–Trinajstić information content (AvgIpc) is 2.62. The van der Waals surface area contributed by atoms with Gasteiger partial charge in [-0.25, -0.2) is 0 Å². The summed E-state index contributed by atoms with van der Waals surface area (Å²) < 4.78 is 10.5. The minimum atomic E-state index is 0.0496. The Kier molecular flexibility index (Phi) is 6.83. The molecule has 0 fully saturated rings. The van der Waals surface area contributed by atoms with E-state index in [2.05, 4.69) is 5.32 Å². The van der Waals surface area contributed by atoms with Gasteiger partial charge < -0.3 is 19.7 Å². The number of aryl methyl sites for hydroxylation is 1. The van der Waals surface area contributed by atoms with E-state index in [1.54, 1.807) is 19.1 Å². The fourth-order valence-electron chi connectivity index (χ4n) is 2.70. The van der Waals surface area contributed by atoms with Crippen LogP contribution >= 0.6 is 0 Å². The SMILES string of the molecule is CCN(C(=O)CNCc1ccc(OC)c(OC)c1)c1cccc(C)c1. The summed E-state index contributed by atoms with van der Waals surface area (Å²) in [5, 5.41) is 3.20. The number of rotatable bonds is 8. The second kappa shape index (κ2) is 9.08. The molecule has 2 aromatic carbocycles. The van der Waals surface area contributed by atoms with E-state index in [1.165, 1.54) is 0 Å². The van der Waals surface area contributed by atoms with Crippen LogP contribution in [-0.2, 0) is 11.3 Å². The standard InChI is InChI=1S/C20H26N2O3/c1-5-22(17-8-6-7-15(2)11-17)20(23)14-21-13-16-9-10-18(24-3)19(12-16)25-4/h6-12,21H,5,13-14H2,1-4H3. The predicted molar refractivity (Wildman–Crippen MR) is 100 cm³/mol. The van der Waals surface area contributed by atoms with Gasteiger partial charge in [-0.2, -0.15) is 0 Å². The molecule has 1 N–H and O–H groups in total. The minimum Gasteiger partial charge on any atom is -0.493 e. The van der Waals surface area contributed by atoms with Crippen molar-refractivity contribution in [2.24, 2.45) is 0 Å². The first-order valence-electron chi connectivity index (χ1n) is 8.37. The maximum Gasteiger partial charge on any atom is 0.240 e. The normalized spacial score (nSPS) is 10.4. The summed E-state index contributed by atoms with van der Waals surface area (Å²) in [6.45, 7) is 5.50. The van der Waals surface area contributed by atoms with E-state index in [1.807, 2.05) is 56.3 Å². The third-order valence-electron chi connectivity index (χ3n) is 3.98. The Morgan fingerprint density at radius 1 is 1.08 bits per heavy atom. The van der Waals surface area contributed by atoms with Crippen molar-refractivity contribution in [2.75, 3.05) is 32.2 Å². The van der Waals surface area contributed by atoms with Crippen LogP contribution in [-0.4, -0.2) is 33.2 Å². The van der Waals surface area contributed by atoms with Crippen molar-refractivity contribution in [1.29, 1.82) is 0 Å². The van der Waals surface area contributed by atoms with Crippen LogP contribution in [0, 0.1) is 6.92 Å². The van der Waals surface area contributed by atoms with E-state index >= 15 is 0 Å². The lowest BCUT2D eigenvalue weighted by Gasteiger charge is -2.21. The first-order chi connectivity index (χ1) is 12.1. The lowest BCUT2D eigenvalue weighted by molar-refractivity contribution is -0.117. The first-order valence-corrected chi connectivity index (χ1v) is 8.37. The van der Waals surface area contributed by atoms with Gasteiger partial charge in [-0.1, -0.05) is 18.2 Å². The van der Waals surface area contributed by atoms with E-state index in [0.29, 0.717) is 24.6 Å². The molecule has 5 nitrogen and oxygen atoms in total. The number of benzene rings is 2. The van der Waals surface area contributed by atoms with Crippen molar-refractivity contribution in [1.82, 2.24) is 5.32 Å². The Morgan fingerprint density at radius 3 is 2.48 bits per heavy atom. The molecule has 25 heavy (non-hydrogen) atoms. The van der Waals surface area contributed by atoms with Gasteiger partial charge in [0.05, 0.1) is 20.8 Å². The van der Waals surface area contributed by atoms with E-state index in [-0.39, 0.29) is 12.5 Å². The van der Waals surface area contributed by atoms with Gasteiger partial charge in [0.2, 0.25) is 5.91 Å². The molecule has 0 aromatic heterocycles. The van der Waals surface area contributed by atoms with Crippen LogP contribution in [0.3, 0.4) is 0 Å². The van der Waals surface area contributed by atoms with Gasteiger partial charge in [-0.3, -0.25) is 4.79 Å². The van der Waals surface area contributed by atoms with E-state index < -0.39 is 0 Å². The van der Waals surface area contributed by atoms with Crippen LogP contribution in [0.4, 0.5) is 5.69 Å². The average molecular weight is 342 g/mol. The number of ether oxygens (including phenoxy) is 2. The summed E-state index contributed by atoms with van der Waals surface area (Å²) in [4.78, 5) is 14.3. The fourth-order valence-corrected chi connectivity index (χ4v) is 2.70. The van der Waals surface area contributed by atoms with Crippen molar-refractivity contribution in [3.8, 4) is 11.5 Å². The zero-order valence-electron chi connectivity index (χ0n) is 15.3.